The van der Waals surface area contributed by atoms with Gasteiger partial charge >= 0.3 is 6.03 Å². The van der Waals surface area contributed by atoms with E-state index in [0.29, 0.717) is 12.1 Å². The van der Waals surface area contributed by atoms with Gasteiger partial charge in [0.1, 0.15) is 0 Å². The molecule has 1 aromatic rings. The van der Waals surface area contributed by atoms with E-state index in [1.807, 2.05) is 32.0 Å². The Morgan fingerprint density at radius 3 is 2.52 bits per heavy atom. The Morgan fingerprint density at radius 2 is 1.95 bits per heavy atom. The molecule has 2 atom stereocenters. The number of benzene rings is 1. The van der Waals surface area contributed by atoms with Gasteiger partial charge in [-0.25, -0.2) is 4.79 Å². The van der Waals surface area contributed by atoms with Crippen molar-refractivity contribution in [1.82, 2.24) is 10.6 Å². The summed E-state index contributed by atoms with van der Waals surface area (Å²) in [5.41, 5.74) is 0.348. The number of anilines is 1. The van der Waals surface area contributed by atoms with Gasteiger partial charge in [-0.1, -0.05) is 32.0 Å². The monoisotopic (exact) mass is 291 g/mol. The smallest absolute Gasteiger partial charge is 0.319 e. The normalized spacial score (nSPS) is 22.8. The summed E-state index contributed by atoms with van der Waals surface area (Å²) in [4.78, 5) is 23.4. The Kier molecular flexibility index (Phi) is 4.47. The van der Waals surface area contributed by atoms with Gasteiger partial charge in [0.2, 0.25) is 5.91 Å². The van der Waals surface area contributed by atoms with Crippen LogP contribution in [-0.4, -0.2) is 35.7 Å². The van der Waals surface area contributed by atoms with Crippen molar-refractivity contribution in [2.24, 2.45) is 5.41 Å². The van der Waals surface area contributed by atoms with Crippen LogP contribution in [0.3, 0.4) is 0 Å². The summed E-state index contributed by atoms with van der Waals surface area (Å²) in [5.74, 6) is -0.261. The lowest BCUT2D eigenvalue weighted by Gasteiger charge is -2.49. The van der Waals surface area contributed by atoms with Crippen molar-refractivity contribution in [3.05, 3.63) is 30.3 Å². The Balaban J connectivity index is 1.71. The molecule has 0 saturated heterocycles. The molecule has 0 heterocycles. The maximum Gasteiger partial charge on any atom is 0.319 e. The lowest BCUT2D eigenvalue weighted by molar-refractivity contribution is -0.128. The van der Waals surface area contributed by atoms with Gasteiger partial charge in [0.15, 0.2) is 0 Å². The zero-order valence-corrected chi connectivity index (χ0v) is 12.2. The van der Waals surface area contributed by atoms with E-state index in [0.717, 1.165) is 0 Å². The molecule has 0 aromatic heterocycles. The molecule has 6 heteroatoms. The van der Waals surface area contributed by atoms with Gasteiger partial charge in [-0.3, -0.25) is 4.79 Å². The predicted molar refractivity (Wildman–Crippen MR) is 79.8 cm³/mol. The number of para-hydroxylation sites is 1. The molecule has 0 bridgehead atoms. The minimum Gasteiger partial charge on any atom is -0.392 e. The van der Waals surface area contributed by atoms with E-state index < -0.39 is 12.1 Å². The molecule has 0 radical (unpaired) electrons. The molecule has 1 aliphatic carbocycles. The minimum absolute atomic E-state index is 0.0565. The van der Waals surface area contributed by atoms with E-state index in [1.54, 1.807) is 12.1 Å². The van der Waals surface area contributed by atoms with Crippen molar-refractivity contribution in [2.75, 3.05) is 11.9 Å². The molecule has 1 saturated carbocycles. The van der Waals surface area contributed by atoms with Gasteiger partial charge in [0.05, 0.1) is 12.6 Å². The fourth-order valence-electron chi connectivity index (χ4n) is 2.25. The maximum atomic E-state index is 11.8. The summed E-state index contributed by atoms with van der Waals surface area (Å²) >= 11 is 0. The summed E-state index contributed by atoms with van der Waals surface area (Å²) in [6, 6.07) is 8.52. The molecule has 1 aromatic carbocycles. The molecule has 2 rings (SSSR count). The highest BCUT2D eigenvalue weighted by Crippen LogP contribution is 2.40. The lowest BCUT2D eigenvalue weighted by Crippen LogP contribution is -2.62. The number of amides is 3. The summed E-state index contributed by atoms with van der Waals surface area (Å²) < 4.78 is 0. The number of hydrogen-bond acceptors (Lipinski definition) is 3. The lowest BCUT2D eigenvalue weighted by atomic mass is 9.64. The van der Waals surface area contributed by atoms with Crippen LogP contribution in [0.15, 0.2) is 30.3 Å². The first-order valence-electron chi connectivity index (χ1n) is 6.97. The standard InChI is InChI=1S/C15H21N3O3/c1-15(2)11(8-12(15)19)18-13(20)9-16-14(21)17-10-6-4-3-5-7-10/h3-7,11-12,19H,8-9H2,1-2H3,(H,18,20)(H2,16,17,21). The number of rotatable bonds is 4. The Labute approximate surface area is 123 Å². The Morgan fingerprint density at radius 1 is 1.29 bits per heavy atom. The van der Waals surface area contributed by atoms with Crippen LogP contribution in [0.4, 0.5) is 10.5 Å². The van der Waals surface area contributed by atoms with Crippen LogP contribution >= 0.6 is 0 Å². The highest BCUT2D eigenvalue weighted by molar-refractivity contribution is 5.92. The largest absolute Gasteiger partial charge is 0.392 e. The fraction of sp³-hybridized carbons (Fsp3) is 0.467. The van der Waals surface area contributed by atoms with E-state index in [4.69, 9.17) is 0 Å². The molecule has 6 nitrogen and oxygen atoms in total. The molecule has 0 spiro atoms. The highest BCUT2D eigenvalue weighted by atomic mass is 16.3. The molecule has 1 aliphatic rings. The van der Waals surface area contributed by atoms with Crippen molar-refractivity contribution in [2.45, 2.75) is 32.4 Å². The van der Waals surface area contributed by atoms with Gasteiger partial charge < -0.3 is 21.1 Å². The SMILES string of the molecule is CC1(C)C(O)CC1NC(=O)CNC(=O)Nc1ccccc1. The first-order chi connectivity index (χ1) is 9.89. The number of carbonyl (C=O) groups is 2. The molecule has 1 fully saturated rings. The topological polar surface area (TPSA) is 90.5 Å². The second-order valence-corrected chi connectivity index (χ2v) is 5.87. The summed E-state index contributed by atoms with van der Waals surface area (Å²) in [7, 11) is 0. The molecule has 21 heavy (non-hydrogen) atoms. The van der Waals surface area contributed by atoms with E-state index in [1.165, 1.54) is 0 Å². The molecule has 4 N–H and O–H groups in total. The van der Waals surface area contributed by atoms with Crippen LogP contribution < -0.4 is 16.0 Å². The van der Waals surface area contributed by atoms with E-state index in [2.05, 4.69) is 16.0 Å². The van der Waals surface area contributed by atoms with Crippen molar-refractivity contribution < 1.29 is 14.7 Å². The van der Waals surface area contributed by atoms with Crippen LogP contribution in [0.2, 0.25) is 0 Å². The molecule has 0 aliphatic heterocycles. The molecular formula is C15H21N3O3. The molecule has 2 unspecified atom stereocenters. The zero-order valence-electron chi connectivity index (χ0n) is 12.2. The van der Waals surface area contributed by atoms with Crippen LogP contribution in [0.5, 0.6) is 0 Å². The number of aliphatic hydroxyl groups excluding tert-OH is 1. The third-order valence-corrected chi connectivity index (χ3v) is 3.99. The molecular weight excluding hydrogens is 270 g/mol. The Hall–Kier alpha value is -2.08. The number of hydrogen-bond donors (Lipinski definition) is 4. The summed E-state index contributed by atoms with van der Waals surface area (Å²) in [5, 5.41) is 17.6. The van der Waals surface area contributed by atoms with Gasteiger partial charge in [-0.05, 0) is 18.6 Å². The van der Waals surface area contributed by atoms with Gasteiger partial charge in [-0.15, -0.1) is 0 Å². The fourth-order valence-corrected chi connectivity index (χ4v) is 2.25. The van der Waals surface area contributed by atoms with E-state index >= 15 is 0 Å². The Bertz CT molecular complexity index is 516. The number of nitrogens with one attached hydrogen (secondary N) is 3. The van der Waals surface area contributed by atoms with E-state index in [-0.39, 0.29) is 23.9 Å². The molecule has 3 amide bonds. The van der Waals surface area contributed by atoms with Gasteiger partial charge in [0.25, 0.3) is 0 Å². The number of aliphatic hydroxyl groups is 1. The van der Waals surface area contributed by atoms with Crippen molar-refractivity contribution in [3.63, 3.8) is 0 Å². The summed E-state index contributed by atoms with van der Waals surface area (Å²) in [6.45, 7) is 3.71. The second kappa shape index (κ2) is 6.13. The predicted octanol–water partition coefficient (Wildman–Crippen LogP) is 1.08. The van der Waals surface area contributed by atoms with Crippen LogP contribution in [0.1, 0.15) is 20.3 Å². The van der Waals surface area contributed by atoms with Crippen molar-refractivity contribution in [1.29, 1.82) is 0 Å². The van der Waals surface area contributed by atoms with Crippen LogP contribution in [0, 0.1) is 5.41 Å². The average Bonchev–Trinajstić information content (AvgIpc) is 2.46. The third-order valence-electron chi connectivity index (χ3n) is 3.99. The molecule has 114 valence electrons. The van der Waals surface area contributed by atoms with E-state index in [9.17, 15) is 14.7 Å². The second-order valence-electron chi connectivity index (χ2n) is 5.87. The number of carbonyl (C=O) groups excluding carboxylic acids is 2. The van der Waals surface area contributed by atoms with Crippen molar-refractivity contribution >= 4 is 17.6 Å². The first-order valence-corrected chi connectivity index (χ1v) is 6.97. The average molecular weight is 291 g/mol. The van der Waals surface area contributed by atoms with Crippen LogP contribution in [-0.2, 0) is 4.79 Å². The summed E-state index contributed by atoms with van der Waals surface area (Å²) in [6.07, 6.45) is 0.159. The van der Waals surface area contributed by atoms with Crippen LogP contribution in [0.25, 0.3) is 0 Å². The van der Waals surface area contributed by atoms with Gasteiger partial charge in [0, 0.05) is 17.1 Å². The maximum absolute atomic E-state index is 11.8. The number of urea groups is 1. The first kappa shape index (κ1) is 15.3. The zero-order chi connectivity index (χ0) is 15.5. The minimum atomic E-state index is -0.427. The third kappa shape index (κ3) is 3.72. The van der Waals surface area contributed by atoms with Crippen molar-refractivity contribution in [3.8, 4) is 0 Å². The quantitative estimate of drug-likeness (QED) is 0.669. The van der Waals surface area contributed by atoms with Gasteiger partial charge in [-0.2, -0.15) is 0 Å². The highest BCUT2D eigenvalue weighted by Gasteiger charge is 2.47.